The molecule has 134 valence electrons. The van der Waals surface area contributed by atoms with Crippen molar-refractivity contribution in [1.29, 1.82) is 0 Å². The molecule has 0 saturated carbocycles. The van der Waals surface area contributed by atoms with Gasteiger partial charge in [0, 0.05) is 45.3 Å². The third kappa shape index (κ3) is 4.22. The summed E-state index contributed by atoms with van der Waals surface area (Å²) < 4.78 is 14.9. The maximum absolute atomic E-state index is 13.1. The number of aromatic nitrogens is 4. The lowest BCUT2D eigenvalue weighted by atomic mass is 9.95. The van der Waals surface area contributed by atoms with E-state index in [0.717, 1.165) is 45.1 Å². The van der Waals surface area contributed by atoms with Crippen molar-refractivity contribution in [3.8, 4) is 0 Å². The van der Waals surface area contributed by atoms with Crippen LogP contribution in [0.15, 0.2) is 30.6 Å². The highest BCUT2D eigenvalue weighted by atomic mass is 19.1. The molecule has 3 saturated heterocycles. The van der Waals surface area contributed by atoms with Gasteiger partial charge in [0.1, 0.15) is 12.1 Å². The summed E-state index contributed by atoms with van der Waals surface area (Å²) in [6.45, 7) is 6.35. The molecule has 3 aliphatic rings. The molecular formula is C18H25FN6. The molecule has 0 spiro atoms. The van der Waals surface area contributed by atoms with Gasteiger partial charge in [0.15, 0.2) is 0 Å². The number of nitrogens with zero attached hydrogens (tertiary/aromatic N) is 6. The number of aryl methyl sites for hydroxylation is 1. The van der Waals surface area contributed by atoms with E-state index in [-0.39, 0.29) is 5.82 Å². The van der Waals surface area contributed by atoms with Gasteiger partial charge in [-0.1, -0.05) is 12.1 Å². The molecule has 7 heteroatoms. The van der Waals surface area contributed by atoms with E-state index in [0.29, 0.717) is 6.04 Å². The minimum atomic E-state index is -0.159. The molecule has 6 nitrogen and oxygen atoms in total. The molecule has 0 radical (unpaired) electrons. The molecule has 1 aromatic heterocycles. The van der Waals surface area contributed by atoms with Crippen LogP contribution in [-0.2, 0) is 13.1 Å². The van der Waals surface area contributed by atoms with Gasteiger partial charge in [-0.25, -0.2) is 9.07 Å². The molecule has 0 amide bonds. The minimum Gasteiger partial charge on any atom is -0.299 e. The van der Waals surface area contributed by atoms with Gasteiger partial charge in [0.25, 0.3) is 0 Å². The van der Waals surface area contributed by atoms with Crippen molar-refractivity contribution in [2.24, 2.45) is 5.92 Å². The molecule has 4 heterocycles. The SMILES string of the molecule is Fc1ccc(CN2C[C@@H]3CC[C@H](C2)N(CCCn2cnnn2)C3)cc1. The molecule has 5 rings (SSSR count). The summed E-state index contributed by atoms with van der Waals surface area (Å²) in [5, 5.41) is 11.3. The van der Waals surface area contributed by atoms with Gasteiger partial charge in [-0.05, 0) is 53.3 Å². The summed E-state index contributed by atoms with van der Waals surface area (Å²) in [5.41, 5.74) is 1.20. The van der Waals surface area contributed by atoms with Gasteiger partial charge in [-0.15, -0.1) is 5.10 Å². The van der Waals surface area contributed by atoms with Crippen LogP contribution in [0, 0.1) is 11.7 Å². The number of benzene rings is 1. The summed E-state index contributed by atoms with van der Waals surface area (Å²) in [6.07, 6.45) is 5.37. The lowest BCUT2D eigenvalue weighted by molar-refractivity contribution is 0.127. The van der Waals surface area contributed by atoms with Gasteiger partial charge >= 0.3 is 0 Å². The molecule has 25 heavy (non-hydrogen) atoms. The first-order chi connectivity index (χ1) is 12.3. The quantitative estimate of drug-likeness (QED) is 0.800. The maximum Gasteiger partial charge on any atom is 0.138 e. The molecule has 3 aliphatic heterocycles. The number of piperidine rings is 1. The first-order valence-electron chi connectivity index (χ1n) is 9.18. The molecule has 0 N–H and O–H groups in total. The van der Waals surface area contributed by atoms with E-state index in [1.807, 2.05) is 12.1 Å². The summed E-state index contributed by atoms with van der Waals surface area (Å²) >= 11 is 0. The number of tetrazole rings is 1. The summed E-state index contributed by atoms with van der Waals surface area (Å²) in [5.74, 6) is 0.584. The van der Waals surface area contributed by atoms with E-state index in [9.17, 15) is 4.39 Å². The fourth-order valence-electron chi connectivity index (χ4n) is 4.25. The Labute approximate surface area is 147 Å². The summed E-state index contributed by atoms with van der Waals surface area (Å²) in [4.78, 5) is 5.21. The Morgan fingerprint density at radius 2 is 1.92 bits per heavy atom. The Hall–Kier alpha value is -1.86. The second-order valence-electron chi connectivity index (χ2n) is 7.34. The molecule has 1 aromatic carbocycles. The van der Waals surface area contributed by atoms with Gasteiger partial charge in [0.05, 0.1) is 0 Å². The summed E-state index contributed by atoms with van der Waals surface area (Å²) in [6, 6.07) is 7.58. The molecule has 3 fully saturated rings. The third-order valence-corrected chi connectivity index (χ3v) is 5.45. The largest absolute Gasteiger partial charge is 0.299 e. The van der Waals surface area contributed by atoms with Crippen molar-refractivity contribution in [2.45, 2.75) is 38.4 Å². The van der Waals surface area contributed by atoms with Crippen molar-refractivity contribution in [3.63, 3.8) is 0 Å². The smallest absolute Gasteiger partial charge is 0.138 e. The van der Waals surface area contributed by atoms with E-state index in [1.54, 1.807) is 23.1 Å². The van der Waals surface area contributed by atoms with Crippen LogP contribution in [0.3, 0.4) is 0 Å². The highest BCUT2D eigenvalue weighted by Crippen LogP contribution is 2.28. The van der Waals surface area contributed by atoms with Gasteiger partial charge in [-0.2, -0.15) is 0 Å². The zero-order chi connectivity index (χ0) is 17.1. The Balaban J connectivity index is 1.32. The Kier molecular flexibility index (Phi) is 5.03. The Bertz CT molecular complexity index is 659. The van der Waals surface area contributed by atoms with E-state index in [1.165, 1.54) is 24.9 Å². The van der Waals surface area contributed by atoms with Gasteiger partial charge in [-0.3, -0.25) is 9.80 Å². The molecule has 2 bridgehead atoms. The van der Waals surface area contributed by atoms with Crippen LogP contribution in [-0.4, -0.2) is 62.2 Å². The maximum atomic E-state index is 13.1. The number of fused-ring (bicyclic) bond motifs is 4. The predicted octanol–water partition coefficient (Wildman–Crippen LogP) is 1.80. The fraction of sp³-hybridized carbons (Fsp3) is 0.611. The minimum absolute atomic E-state index is 0.159. The predicted molar refractivity (Wildman–Crippen MR) is 92.2 cm³/mol. The fourth-order valence-corrected chi connectivity index (χ4v) is 4.25. The average molecular weight is 344 g/mol. The molecular weight excluding hydrogens is 319 g/mol. The molecule has 2 aromatic rings. The second-order valence-corrected chi connectivity index (χ2v) is 7.34. The lowest BCUT2D eigenvalue weighted by Gasteiger charge is -2.36. The number of rotatable bonds is 6. The summed E-state index contributed by atoms with van der Waals surface area (Å²) in [7, 11) is 0. The molecule has 2 atom stereocenters. The molecule has 0 unspecified atom stereocenters. The first kappa shape index (κ1) is 16.6. The van der Waals surface area contributed by atoms with Gasteiger partial charge < -0.3 is 0 Å². The van der Waals surface area contributed by atoms with E-state index >= 15 is 0 Å². The van der Waals surface area contributed by atoms with Crippen molar-refractivity contribution >= 4 is 0 Å². The van der Waals surface area contributed by atoms with E-state index < -0.39 is 0 Å². The van der Waals surface area contributed by atoms with Crippen LogP contribution in [0.5, 0.6) is 0 Å². The van der Waals surface area contributed by atoms with Crippen molar-refractivity contribution in [2.75, 3.05) is 26.2 Å². The van der Waals surface area contributed by atoms with E-state index in [4.69, 9.17) is 0 Å². The topological polar surface area (TPSA) is 50.1 Å². The van der Waals surface area contributed by atoms with Crippen molar-refractivity contribution < 1.29 is 4.39 Å². The zero-order valence-electron chi connectivity index (χ0n) is 14.5. The van der Waals surface area contributed by atoms with Crippen LogP contribution in [0.1, 0.15) is 24.8 Å². The highest BCUT2D eigenvalue weighted by Gasteiger charge is 2.34. The number of hydrogen-bond donors (Lipinski definition) is 0. The highest BCUT2D eigenvalue weighted by molar-refractivity contribution is 5.16. The Morgan fingerprint density at radius 3 is 2.72 bits per heavy atom. The number of halogens is 1. The Morgan fingerprint density at radius 1 is 1.04 bits per heavy atom. The van der Waals surface area contributed by atoms with Crippen LogP contribution in [0.2, 0.25) is 0 Å². The zero-order valence-corrected chi connectivity index (χ0v) is 14.5. The average Bonchev–Trinajstić information content (AvgIpc) is 2.98. The van der Waals surface area contributed by atoms with Crippen molar-refractivity contribution in [1.82, 2.24) is 30.0 Å². The van der Waals surface area contributed by atoms with Gasteiger partial charge in [0.2, 0.25) is 0 Å². The second kappa shape index (κ2) is 7.58. The van der Waals surface area contributed by atoms with Crippen LogP contribution in [0.25, 0.3) is 0 Å². The standard InChI is InChI=1S/C18H25FN6/c19-17-5-2-15(3-6-17)10-23-11-16-4-7-18(13-23)24(12-16)8-1-9-25-14-20-21-22-25/h2-3,5-6,14,16,18H,1,4,7-13H2/t16-,18+/m0/s1. The normalized spacial score (nSPS) is 24.5. The van der Waals surface area contributed by atoms with Crippen molar-refractivity contribution in [3.05, 3.63) is 42.0 Å². The van der Waals surface area contributed by atoms with Crippen LogP contribution >= 0.6 is 0 Å². The van der Waals surface area contributed by atoms with Crippen LogP contribution in [0.4, 0.5) is 4.39 Å². The van der Waals surface area contributed by atoms with Crippen LogP contribution < -0.4 is 0 Å². The lowest BCUT2D eigenvalue weighted by Crippen LogP contribution is -2.44. The monoisotopic (exact) mass is 344 g/mol. The molecule has 0 aliphatic carbocycles. The van der Waals surface area contributed by atoms with E-state index in [2.05, 4.69) is 25.3 Å². The first-order valence-corrected chi connectivity index (χ1v) is 9.18. The third-order valence-electron chi connectivity index (χ3n) is 5.45. The number of hydrogen-bond acceptors (Lipinski definition) is 5.